The summed E-state index contributed by atoms with van der Waals surface area (Å²) >= 11 is 0. The molecule has 0 unspecified atom stereocenters. The molecule has 0 aliphatic heterocycles. The molecule has 0 aliphatic rings. The third-order valence-electron chi connectivity index (χ3n) is 3.51. The van der Waals surface area contributed by atoms with Crippen LogP contribution in [0.5, 0.6) is 11.5 Å². The zero-order valence-corrected chi connectivity index (χ0v) is 13.2. The van der Waals surface area contributed by atoms with Crippen molar-refractivity contribution in [3.05, 3.63) is 70.6 Å². The molecule has 0 fully saturated rings. The minimum atomic E-state index is -0.535. The zero-order chi connectivity index (χ0) is 16.9. The van der Waals surface area contributed by atoms with Gasteiger partial charge in [0.05, 0.1) is 0 Å². The SMILES string of the molecule is CCc1cc(=O)oc2cc(OC(=O)COc3ccccc3)ccc12. The molecular weight excluding hydrogens is 308 g/mol. The molecule has 24 heavy (non-hydrogen) atoms. The lowest BCUT2D eigenvalue weighted by molar-refractivity contribution is -0.136. The van der Waals surface area contributed by atoms with Crippen LogP contribution < -0.4 is 15.1 Å². The Balaban J connectivity index is 1.73. The lowest BCUT2D eigenvalue weighted by atomic mass is 10.1. The average molecular weight is 324 g/mol. The summed E-state index contributed by atoms with van der Waals surface area (Å²) < 4.78 is 15.7. The molecule has 0 aliphatic carbocycles. The normalized spacial score (nSPS) is 10.5. The van der Waals surface area contributed by atoms with Crippen molar-refractivity contribution in [3.63, 3.8) is 0 Å². The molecule has 122 valence electrons. The molecule has 3 aromatic rings. The summed E-state index contributed by atoms with van der Waals surface area (Å²) in [6.07, 6.45) is 0.714. The lowest BCUT2D eigenvalue weighted by Gasteiger charge is -2.08. The van der Waals surface area contributed by atoms with Crippen LogP contribution in [0, 0.1) is 0 Å². The fraction of sp³-hybridized carbons (Fsp3) is 0.158. The summed E-state index contributed by atoms with van der Waals surface area (Å²) in [7, 11) is 0. The Morgan fingerprint density at radius 3 is 2.58 bits per heavy atom. The summed E-state index contributed by atoms with van der Waals surface area (Å²) in [5.41, 5.74) is 0.871. The molecule has 5 heteroatoms. The van der Waals surface area contributed by atoms with Gasteiger partial charge in [-0.3, -0.25) is 0 Å². The molecule has 0 saturated carbocycles. The molecule has 1 aromatic heterocycles. The minimum Gasteiger partial charge on any atom is -0.482 e. The van der Waals surface area contributed by atoms with Crippen molar-refractivity contribution in [3.8, 4) is 11.5 Å². The van der Waals surface area contributed by atoms with Crippen LogP contribution in [0.3, 0.4) is 0 Å². The Kier molecular flexibility index (Phi) is 4.61. The molecule has 0 N–H and O–H groups in total. The van der Waals surface area contributed by atoms with Crippen LogP contribution in [0.1, 0.15) is 12.5 Å². The summed E-state index contributed by atoms with van der Waals surface area (Å²) in [5, 5.41) is 0.831. The number of benzene rings is 2. The van der Waals surface area contributed by atoms with E-state index in [9.17, 15) is 9.59 Å². The van der Waals surface area contributed by atoms with Crippen molar-refractivity contribution in [2.75, 3.05) is 6.61 Å². The van der Waals surface area contributed by atoms with E-state index in [0.29, 0.717) is 23.5 Å². The molecular formula is C19H16O5. The molecule has 0 bridgehead atoms. The van der Waals surface area contributed by atoms with Gasteiger partial charge in [0.15, 0.2) is 6.61 Å². The van der Waals surface area contributed by atoms with Gasteiger partial charge in [0.1, 0.15) is 17.1 Å². The summed E-state index contributed by atoms with van der Waals surface area (Å²) in [5.74, 6) is 0.360. The number of rotatable bonds is 5. The highest BCUT2D eigenvalue weighted by molar-refractivity contribution is 5.83. The van der Waals surface area contributed by atoms with Crippen LogP contribution in [-0.2, 0) is 11.2 Å². The number of carbonyl (C=O) groups is 1. The van der Waals surface area contributed by atoms with Gasteiger partial charge in [-0.25, -0.2) is 9.59 Å². The largest absolute Gasteiger partial charge is 0.482 e. The van der Waals surface area contributed by atoms with E-state index in [4.69, 9.17) is 13.9 Å². The summed E-state index contributed by atoms with van der Waals surface area (Å²) in [4.78, 5) is 23.4. The maximum absolute atomic E-state index is 11.9. The van der Waals surface area contributed by atoms with Gasteiger partial charge in [-0.05, 0) is 36.2 Å². The third-order valence-corrected chi connectivity index (χ3v) is 3.51. The second-order valence-corrected chi connectivity index (χ2v) is 5.18. The van der Waals surface area contributed by atoms with Gasteiger partial charge in [0.25, 0.3) is 0 Å². The maximum atomic E-state index is 11.9. The average Bonchev–Trinajstić information content (AvgIpc) is 2.59. The van der Waals surface area contributed by atoms with E-state index in [0.717, 1.165) is 10.9 Å². The van der Waals surface area contributed by atoms with Crippen molar-refractivity contribution >= 4 is 16.9 Å². The molecule has 0 amide bonds. The Hall–Kier alpha value is -3.08. The second-order valence-electron chi connectivity index (χ2n) is 5.18. The molecule has 3 rings (SSSR count). The third kappa shape index (κ3) is 3.63. The molecule has 2 aromatic carbocycles. The fourth-order valence-electron chi connectivity index (χ4n) is 2.39. The zero-order valence-electron chi connectivity index (χ0n) is 13.2. The van der Waals surface area contributed by atoms with Crippen LogP contribution in [-0.4, -0.2) is 12.6 Å². The number of esters is 1. The summed E-state index contributed by atoms with van der Waals surface area (Å²) in [6, 6.07) is 15.5. The van der Waals surface area contributed by atoms with Gasteiger partial charge < -0.3 is 13.9 Å². The molecule has 0 spiro atoms. The number of hydrogen-bond donors (Lipinski definition) is 0. The standard InChI is InChI=1S/C19H16O5/c1-2-13-10-18(20)24-17-11-15(8-9-16(13)17)23-19(21)12-22-14-6-4-3-5-7-14/h3-11H,2,12H2,1H3. The Morgan fingerprint density at radius 2 is 1.83 bits per heavy atom. The highest BCUT2D eigenvalue weighted by atomic mass is 16.6. The van der Waals surface area contributed by atoms with Gasteiger partial charge in [-0.2, -0.15) is 0 Å². The van der Waals surface area contributed by atoms with E-state index < -0.39 is 11.6 Å². The minimum absolute atomic E-state index is 0.207. The topological polar surface area (TPSA) is 65.7 Å². The predicted octanol–water partition coefficient (Wildman–Crippen LogP) is 3.34. The van der Waals surface area contributed by atoms with Crippen LogP contribution >= 0.6 is 0 Å². The first-order valence-corrected chi connectivity index (χ1v) is 7.61. The van der Waals surface area contributed by atoms with Crippen LogP contribution in [0.2, 0.25) is 0 Å². The molecule has 0 atom stereocenters. The quantitative estimate of drug-likeness (QED) is 0.409. The van der Waals surface area contributed by atoms with Gasteiger partial charge in [0.2, 0.25) is 0 Å². The van der Waals surface area contributed by atoms with E-state index in [-0.39, 0.29) is 6.61 Å². The van der Waals surface area contributed by atoms with E-state index in [1.807, 2.05) is 25.1 Å². The number of aryl methyl sites for hydroxylation is 1. The van der Waals surface area contributed by atoms with Gasteiger partial charge in [0, 0.05) is 17.5 Å². The monoisotopic (exact) mass is 324 g/mol. The fourth-order valence-corrected chi connectivity index (χ4v) is 2.39. The molecule has 1 heterocycles. The van der Waals surface area contributed by atoms with Gasteiger partial charge in [-0.15, -0.1) is 0 Å². The van der Waals surface area contributed by atoms with Crippen molar-refractivity contribution in [1.29, 1.82) is 0 Å². The number of ether oxygens (including phenoxy) is 2. The van der Waals surface area contributed by atoms with Crippen molar-refractivity contribution < 1.29 is 18.7 Å². The van der Waals surface area contributed by atoms with Crippen molar-refractivity contribution in [1.82, 2.24) is 0 Å². The molecule has 0 saturated heterocycles. The Bertz CT molecular complexity index is 912. The van der Waals surface area contributed by atoms with Gasteiger partial charge in [-0.1, -0.05) is 25.1 Å². The van der Waals surface area contributed by atoms with Crippen LogP contribution in [0.25, 0.3) is 11.0 Å². The van der Waals surface area contributed by atoms with E-state index in [2.05, 4.69) is 0 Å². The number of carbonyl (C=O) groups excluding carboxylic acids is 1. The first-order valence-electron chi connectivity index (χ1n) is 7.61. The van der Waals surface area contributed by atoms with Crippen LogP contribution in [0.15, 0.2) is 63.8 Å². The second kappa shape index (κ2) is 7.00. The Morgan fingerprint density at radius 1 is 1.04 bits per heavy atom. The van der Waals surface area contributed by atoms with Crippen molar-refractivity contribution in [2.45, 2.75) is 13.3 Å². The first-order chi connectivity index (χ1) is 11.7. The molecule has 0 radical (unpaired) electrons. The summed E-state index contributed by atoms with van der Waals surface area (Å²) in [6.45, 7) is 1.75. The number of hydrogen-bond acceptors (Lipinski definition) is 5. The van der Waals surface area contributed by atoms with Gasteiger partial charge >= 0.3 is 11.6 Å². The van der Waals surface area contributed by atoms with Crippen LogP contribution in [0.4, 0.5) is 0 Å². The lowest BCUT2D eigenvalue weighted by Crippen LogP contribution is -2.17. The first kappa shape index (κ1) is 15.8. The number of fused-ring (bicyclic) bond motifs is 1. The van der Waals surface area contributed by atoms with E-state index in [1.54, 1.807) is 24.3 Å². The highest BCUT2D eigenvalue weighted by Crippen LogP contribution is 2.23. The smallest absolute Gasteiger partial charge is 0.349 e. The van der Waals surface area contributed by atoms with E-state index in [1.165, 1.54) is 12.1 Å². The van der Waals surface area contributed by atoms with Crippen molar-refractivity contribution in [2.24, 2.45) is 0 Å². The predicted molar refractivity (Wildman–Crippen MR) is 89.4 cm³/mol. The maximum Gasteiger partial charge on any atom is 0.349 e. The Labute approximate surface area is 138 Å². The van der Waals surface area contributed by atoms with E-state index >= 15 is 0 Å². The highest BCUT2D eigenvalue weighted by Gasteiger charge is 2.10. The number of para-hydroxylation sites is 1. The molecule has 5 nitrogen and oxygen atoms in total.